The van der Waals surface area contributed by atoms with Crippen molar-refractivity contribution in [1.29, 1.82) is 0 Å². The molecule has 0 saturated carbocycles. The van der Waals surface area contributed by atoms with Crippen LogP contribution >= 0.6 is 0 Å². The molecular formula is C26H20FNO7. The first kappa shape index (κ1) is 22.4. The monoisotopic (exact) mass is 477 g/mol. The fourth-order valence-corrected chi connectivity index (χ4v) is 3.76. The fraction of sp³-hybridized carbons (Fsp3) is 0.154. The van der Waals surface area contributed by atoms with E-state index >= 15 is 0 Å². The number of esters is 1. The van der Waals surface area contributed by atoms with E-state index in [-0.39, 0.29) is 27.9 Å². The Hall–Kier alpha value is -4.37. The number of fused-ring (bicyclic) bond motifs is 2. The van der Waals surface area contributed by atoms with E-state index < -0.39 is 18.2 Å². The maximum absolute atomic E-state index is 14.8. The number of phenolic OH excluding ortho intramolecular Hbond substituents is 1. The van der Waals surface area contributed by atoms with Gasteiger partial charge in [-0.15, -0.1) is 0 Å². The van der Waals surface area contributed by atoms with Gasteiger partial charge in [0.25, 0.3) is 5.79 Å². The van der Waals surface area contributed by atoms with Crippen LogP contribution in [-0.4, -0.2) is 30.1 Å². The maximum atomic E-state index is 14.8. The van der Waals surface area contributed by atoms with Gasteiger partial charge in [-0.3, -0.25) is 10.5 Å². The summed E-state index contributed by atoms with van der Waals surface area (Å²) in [6.07, 6.45) is 0.850. The highest BCUT2D eigenvalue weighted by molar-refractivity contribution is 5.85. The van der Waals surface area contributed by atoms with Gasteiger partial charge in [-0.1, -0.05) is 18.2 Å². The Morgan fingerprint density at radius 3 is 2.54 bits per heavy atom. The van der Waals surface area contributed by atoms with Crippen LogP contribution in [0, 0.1) is 0 Å². The van der Waals surface area contributed by atoms with Crippen LogP contribution in [-0.2, 0) is 11.2 Å². The number of nitrogens with two attached hydrogens (primary N) is 1. The molecule has 35 heavy (non-hydrogen) atoms. The number of hydrogen-bond acceptors (Lipinski definition) is 8. The van der Waals surface area contributed by atoms with Gasteiger partial charge in [-0.25, -0.2) is 9.18 Å². The van der Waals surface area contributed by atoms with Gasteiger partial charge in [0, 0.05) is 12.5 Å². The predicted octanol–water partition coefficient (Wildman–Crippen LogP) is 3.71. The summed E-state index contributed by atoms with van der Waals surface area (Å²) in [5.74, 6) is -3.00. The molecule has 3 aromatic carbocycles. The number of benzene rings is 3. The van der Waals surface area contributed by atoms with E-state index in [1.807, 2.05) is 0 Å². The largest absolute Gasteiger partial charge is 0.508 e. The molecule has 4 aromatic rings. The van der Waals surface area contributed by atoms with Gasteiger partial charge in [-0.2, -0.15) is 0 Å². The molecule has 0 fully saturated rings. The highest BCUT2D eigenvalue weighted by Gasteiger charge is 2.36. The third kappa shape index (κ3) is 4.53. The van der Waals surface area contributed by atoms with Crippen LogP contribution in [0.15, 0.2) is 76.1 Å². The van der Waals surface area contributed by atoms with E-state index in [0.717, 1.165) is 0 Å². The number of rotatable bonds is 5. The Labute approximate surface area is 198 Å². The van der Waals surface area contributed by atoms with E-state index in [0.29, 0.717) is 41.4 Å². The smallest absolute Gasteiger partial charge is 0.364 e. The van der Waals surface area contributed by atoms with Crippen LogP contribution in [0.25, 0.3) is 22.1 Å². The number of phenols is 1. The molecule has 0 aliphatic carbocycles. The molecule has 0 saturated heterocycles. The number of carbonyl (C=O) groups excluding carboxylic acids is 1. The molecule has 0 amide bonds. The van der Waals surface area contributed by atoms with Gasteiger partial charge in [0.15, 0.2) is 16.9 Å². The third-order valence-corrected chi connectivity index (χ3v) is 5.55. The Balaban J connectivity index is 1.38. The van der Waals surface area contributed by atoms with E-state index in [1.54, 1.807) is 18.2 Å². The zero-order chi connectivity index (χ0) is 24.6. The lowest BCUT2D eigenvalue weighted by molar-refractivity contribution is -0.147. The Kier molecular flexibility index (Phi) is 5.62. The average Bonchev–Trinajstić information content (AvgIpc) is 2.85. The summed E-state index contributed by atoms with van der Waals surface area (Å²) >= 11 is 0. The molecular weight excluding hydrogens is 457 g/mol. The molecule has 9 heteroatoms. The van der Waals surface area contributed by atoms with Crippen LogP contribution in [0.5, 0.6) is 23.0 Å². The van der Waals surface area contributed by atoms with Crippen molar-refractivity contribution in [2.45, 2.75) is 12.2 Å². The van der Waals surface area contributed by atoms with Gasteiger partial charge in [-0.05, 0) is 47.5 Å². The lowest BCUT2D eigenvalue weighted by Gasteiger charge is -2.19. The lowest BCUT2D eigenvalue weighted by atomic mass is 10.0. The van der Waals surface area contributed by atoms with Crippen LogP contribution in [0.3, 0.4) is 0 Å². The predicted molar refractivity (Wildman–Crippen MR) is 124 cm³/mol. The Morgan fingerprint density at radius 1 is 1.03 bits per heavy atom. The topological polar surface area (TPSA) is 121 Å². The van der Waals surface area contributed by atoms with Crippen LogP contribution in [0.4, 0.5) is 4.39 Å². The number of carbonyl (C=O) groups is 1. The first-order chi connectivity index (χ1) is 16.8. The van der Waals surface area contributed by atoms with Crippen LogP contribution < -0.4 is 25.4 Å². The summed E-state index contributed by atoms with van der Waals surface area (Å²) < 4.78 is 36.7. The number of halogens is 1. The summed E-state index contributed by atoms with van der Waals surface area (Å²) in [4.78, 5) is 25.5. The summed E-state index contributed by atoms with van der Waals surface area (Å²) in [7, 11) is 0. The highest BCUT2D eigenvalue weighted by atomic mass is 19.1. The van der Waals surface area contributed by atoms with Crippen molar-refractivity contribution in [3.05, 3.63) is 82.7 Å². The molecule has 5 rings (SSSR count). The van der Waals surface area contributed by atoms with E-state index in [1.165, 1.54) is 48.7 Å². The van der Waals surface area contributed by atoms with Gasteiger partial charge >= 0.3 is 5.97 Å². The van der Waals surface area contributed by atoms with E-state index in [2.05, 4.69) is 0 Å². The first-order valence-electron chi connectivity index (χ1n) is 10.7. The normalized spacial score (nSPS) is 14.3. The van der Waals surface area contributed by atoms with Crippen molar-refractivity contribution >= 4 is 16.9 Å². The molecule has 0 radical (unpaired) electrons. The average molecular weight is 477 g/mol. The summed E-state index contributed by atoms with van der Waals surface area (Å²) in [5, 5.41) is 9.59. The SMILES string of the molecule is NC(F)(Cc1ccc(O)cc1)C(=O)Oc1ccc2c(=O)c(-c3ccc4c(c3)OCCO4)coc2c1. The van der Waals surface area contributed by atoms with Crippen molar-refractivity contribution in [1.82, 2.24) is 0 Å². The second-order valence-corrected chi connectivity index (χ2v) is 8.09. The summed E-state index contributed by atoms with van der Waals surface area (Å²) in [6, 6.07) is 14.9. The molecule has 8 nitrogen and oxygen atoms in total. The first-order valence-corrected chi connectivity index (χ1v) is 10.7. The van der Waals surface area contributed by atoms with Gasteiger partial charge < -0.3 is 23.7 Å². The zero-order valence-electron chi connectivity index (χ0n) is 18.3. The van der Waals surface area contributed by atoms with Crippen molar-refractivity contribution in [2.75, 3.05) is 13.2 Å². The molecule has 0 bridgehead atoms. The van der Waals surface area contributed by atoms with E-state index in [4.69, 9.17) is 24.4 Å². The van der Waals surface area contributed by atoms with Gasteiger partial charge in [0.1, 0.15) is 36.6 Å². The number of alkyl halides is 1. The molecule has 1 aromatic heterocycles. The molecule has 1 unspecified atom stereocenters. The van der Waals surface area contributed by atoms with E-state index in [9.17, 15) is 19.1 Å². The van der Waals surface area contributed by atoms with Gasteiger partial charge in [0.05, 0.1) is 10.9 Å². The molecule has 178 valence electrons. The fourth-order valence-electron chi connectivity index (χ4n) is 3.76. The summed E-state index contributed by atoms with van der Waals surface area (Å²) in [5.41, 5.74) is 6.72. The second kappa shape index (κ2) is 8.77. The quantitative estimate of drug-likeness (QED) is 0.254. The lowest BCUT2D eigenvalue weighted by Crippen LogP contribution is -2.48. The number of hydrogen-bond donors (Lipinski definition) is 2. The van der Waals surface area contributed by atoms with Crippen molar-refractivity contribution in [2.24, 2.45) is 5.73 Å². The standard InChI is InChI=1S/C26H20FNO7/c27-26(28,13-15-1-4-17(29)5-2-15)25(31)35-18-6-7-19-22(12-18)34-14-20(24(19)30)16-3-8-21-23(11-16)33-10-9-32-21/h1-8,11-12,14,29H,9-10,13,28H2. The Morgan fingerprint density at radius 2 is 1.77 bits per heavy atom. The van der Waals surface area contributed by atoms with Gasteiger partial charge in [0.2, 0.25) is 0 Å². The summed E-state index contributed by atoms with van der Waals surface area (Å²) in [6.45, 7) is 0.879. The molecule has 0 spiro atoms. The zero-order valence-corrected chi connectivity index (χ0v) is 18.3. The molecule has 1 aliphatic heterocycles. The minimum Gasteiger partial charge on any atom is -0.508 e. The van der Waals surface area contributed by atoms with Crippen molar-refractivity contribution in [3.63, 3.8) is 0 Å². The maximum Gasteiger partial charge on any atom is 0.364 e. The Bertz CT molecular complexity index is 1480. The number of ether oxygens (including phenoxy) is 3. The molecule has 1 atom stereocenters. The highest BCUT2D eigenvalue weighted by Crippen LogP contribution is 2.34. The second-order valence-electron chi connectivity index (χ2n) is 8.09. The van der Waals surface area contributed by atoms with Crippen molar-refractivity contribution < 1.29 is 32.9 Å². The minimum absolute atomic E-state index is 0.00703. The van der Waals surface area contributed by atoms with Crippen molar-refractivity contribution in [3.8, 4) is 34.1 Å². The molecule has 2 heterocycles. The van der Waals surface area contributed by atoms with Crippen LogP contribution in [0.1, 0.15) is 5.56 Å². The molecule has 1 aliphatic rings. The third-order valence-electron chi connectivity index (χ3n) is 5.55. The van der Waals surface area contributed by atoms with Crippen LogP contribution in [0.2, 0.25) is 0 Å². The minimum atomic E-state index is -2.81. The number of aromatic hydroxyl groups is 1. The molecule has 3 N–H and O–H groups in total.